The van der Waals surface area contributed by atoms with Crippen LogP contribution in [-0.4, -0.2) is 35.8 Å². The topological polar surface area (TPSA) is 70.6 Å². The lowest BCUT2D eigenvalue weighted by atomic mass is 9.79. The number of hydroxylamine groups is 1. The molecule has 0 spiro atoms. The van der Waals surface area contributed by atoms with E-state index >= 15 is 0 Å². The maximum absolute atomic E-state index is 13.5. The second-order valence-corrected chi connectivity index (χ2v) is 6.87. The number of hydrogen-bond acceptors (Lipinski definition) is 4. The Morgan fingerprint density at radius 3 is 2.59 bits per heavy atom. The van der Waals surface area contributed by atoms with Crippen LogP contribution in [0.2, 0.25) is 0 Å². The van der Waals surface area contributed by atoms with Crippen LogP contribution in [0.1, 0.15) is 44.9 Å². The Balaban J connectivity index is 1.52. The third kappa shape index (κ3) is 3.41. The van der Waals surface area contributed by atoms with Crippen molar-refractivity contribution >= 4 is 5.97 Å². The van der Waals surface area contributed by atoms with E-state index in [1.54, 1.807) is 0 Å². The Morgan fingerprint density at radius 2 is 1.86 bits per heavy atom. The van der Waals surface area contributed by atoms with Crippen molar-refractivity contribution in [2.75, 3.05) is 0 Å². The summed E-state index contributed by atoms with van der Waals surface area (Å²) in [6.45, 7) is 0. The smallest absolute Gasteiger partial charge is 0.306 e. The molecule has 7 unspecified atom stereocenters. The summed E-state index contributed by atoms with van der Waals surface area (Å²) in [4.78, 5) is 16.7. The van der Waals surface area contributed by atoms with Gasteiger partial charge in [-0.15, -0.1) is 0 Å². The van der Waals surface area contributed by atoms with E-state index in [-0.39, 0.29) is 43.0 Å². The number of carboxylic acids is 1. The Hall–Kier alpha value is -0.790. The third-order valence-corrected chi connectivity index (χ3v) is 5.36. The van der Waals surface area contributed by atoms with Crippen LogP contribution >= 0.6 is 0 Å². The van der Waals surface area contributed by atoms with Crippen LogP contribution in [-0.2, 0) is 9.63 Å². The summed E-state index contributed by atoms with van der Waals surface area (Å²) in [7, 11) is 0. The average Bonchev–Trinajstić information content (AvgIpc) is 3.00. The summed E-state index contributed by atoms with van der Waals surface area (Å²) < 4.78 is 26.7. The molecule has 0 aromatic carbocycles. The second kappa shape index (κ2) is 6.76. The quantitative estimate of drug-likeness (QED) is 0.744. The van der Waals surface area contributed by atoms with Crippen LogP contribution in [0.3, 0.4) is 0 Å². The highest BCUT2D eigenvalue weighted by molar-refractivity contribution is 5.70. The highest BCUT2D eigenvalue weighted by Crippen LogP contribution is 2.35. The molecule has 22 heavy (non-hydrogen) atoms. The average molecular weight is 318 g/mol. The number of rotatable bonds is 3. The van der Waals surface area contributed by atoms with Gasteiger partial charge in [0.25, 0.3) is 0 Å². The van der Waals surface area contributed by atoms with E-state index < -0.39 is 18.3 Å². The minimum Gasteiger partial charge on any atom is -0.481 e. The van der Waals surface area contributed by atoms with Crippen LogP contribution in [0.15, 0.2) is 0 Å². The molecule has 3 N–H and O–H groups in total. The van der Waals surface area contributed by atoms with E-state index in [2.05, 4.69) is 10.8 Å². The molecular formula is C15H24F2N2O3. The zero-order valence-corrected chi connectivity index (χ0v) is 12.5. The van der Waals surface area contributed by atoms with Gasteiger partial charge < -0.3 is 5.11 Å². The number of halogens is 2. The molecule has 2 saturated carbocycles. The zero-order chi connectivity index (χ0) is 15.7. The number of alkyl halides is 2. The highest BCUT2D eigenvalue weighted by atomic mass is 19.2. The van der Waals surface area contributed by atoms with Crippen molar-refractivity contribution in [1.29, 1.82) is 0 Å². The number of carbonyl (C=O) groups is 1. The monoisotopic (exact) mass is 318 g/mol. The van der Waals surface area contributed by atoms with Crippen LogP contribution in [0, 0.1) is 17.8 Å². The molecule has 1 saturated heterocycles. The predicted molar refractivity (Wildman–Crippen MR) is 75.1 cm³/mol. The predicted octanol–water partition coefficient (Wildman–Crippen LogP) is 2.13. The summed E-state index contributed by atoms with van der Waals surface area (Å²) in [6.07, 6.45) is 1.04. The lowest BCUT2D eigenvalue weighted by molar-refractivity contribution is -0.143. The minimum absolute atomic E-state index is 0.0432. The number of hydrogen-bond donors (Lipinski definition) is 3. The third-order valence-electron chi connectivity index (χ3n) is 5.36. The molecule has 3 aliphatic rings. The number of carboxylic acid groups (broad SMARTS) is 1. The maximum Gasteiger partial charge on any atom is 0.306 e. The molecule has 3 fully saturated rings. The van der Waals surface area contributed by atoms with Crippen molar-refractivity contribution in [2.45, 2.75) is 69.7 Å². The van der Waals surface area contributed by atoms with Gasteiger partial charge in [-0.2, -0.15) is 5.48 Å². The van der Waals surface area contributed by atoms with Gasteiger partial charge in [0.05, 0.1) is 12.1 Å². The Bertz CT molecular complexity index is 412. The van der Waals surface area contributed by atoms with Crippen molar-refractivity contribution in [3.05, 3.63) is 0 Å². The van der Waals surface area contributed by atoms with E-state index in [0.717, 1.165) is 19.3 Å². The van der Waals surface area contributed by atoms with E-state index in [1.165, 1.54) is 0 Å². The van der Waals surface area contributed by atoms with Crippen molar-refractivity contribution in [1.82, 2.24) is 10.8 Å². The summed E-state index contributed by atoms with van der Waals surface area (Å²) in [5.74, 6) is -0.878. The van der Waals surface area contributed by atoms with E-state index in [4.69, 9.17) is 9.94 Å². The van der Waals surface area contributed by atoms with Gasteiger partial charge in [-0.25, -0.2) is 8.78 Å². The van der Waals surface area contributed by atoms with Crippen molar-refractivity contribution < 1.29 is 23.5 Å². The highest BCUT2D eigenvalue weighted by Gasteiger charge is 2.41. The van der Waals surface area contributed by atoms with Crippen molar-refractivity contribution in [3.8, 4) is 0 Å². The van der Waals surface area contributed by atoms with Crippen molar-refractivity contribution in [2.24, 2.45) is 17.8 Å². The van der Waals surface area contributed by atoms with Gasteiger partial charge in [0.2, 0.25) is 0 Å². The zero-order valence-electron chi connectivity index (χ0n) is 12.5. The molecule has 0 amide bonds. The molecule has 0 radical (unpaired) electrons. The molecule has 7 heteroatoms. The molecule has 2 aliphatic carbocycles. The van der Waals surface area contributed by atoms with E-state index in [9.17, 15) is 13.6 Å². The molecular weight excluding hydrogens is 294 g/mol. The fraction of sp³-hybridized carbons (Fsp3) is 0.933. The Morgan fingerprint density at radius 1 is 1.05 bits per heavy atom. The van der Waals surface area contributed by atoms with Crippen molar-refractivity contribution in [3.63, 3.8) is 0 Å². The standard InChI is InChI=1S/C15H24F2N2O3/c16-11-5-4-9(7-12(11)17)14-18-13(19-22-14)8-2-1-3-10(6-8)15(20)21/h8-14,18-19H,1-7H2,(H,20,21). The fourth-order valence-corrected chi connectivity index (χ4v) is 3.99. The largest absolute Gasteiger partial charge is 0.481 e. The Kier molecular flexibility index (Phi) is 4.94. The molecule has 0 aromatic rings. The molecule has 3 rings (SSSR count). The fourth-order valence-electron chi connectivity index (χ4n) is 3.99. The van der Waals surface area contributed by atoms with Gasteiger partial charge in [-0.1, -0.05) is 6.42 Å². The summed E-state index contributed by atoms with van der Waals surface area (Å²) in [6, 6.07) is 0. The first-order valence-corrected chi connectivity index (χ1v) is 8.22. The maximum atomic E-state index is 13.5. The van der Waals surface area contributed by atoms with Crippen LogP contribution in [0.5, 0.6) is 0 Å². The van der Waals surface area contributed by atoms with E-state index in [0.29, 0.717) is 12.8 Å². The van der Waals surface area contributed by atoms with Gasteiger partial charge in [0, 0.05) is 5.92 Å². The number of nitrogens with one attached hydrogen (secondary N) is 2. The van der Waals surface area contributed by atoms with E-state index in [1.807, 2.05) is 0 Å². The van der Waals surface area contributed by atoms with Gasteiger partial charge in [-0.3, -0.25) is 14.9 Å². The van der Waals surface area contributed by atoms with Gasteiger partial charge >= 0.3 is 5.97 Å². The summed E-state index contributed by atoms with van der Waals surface area (Å²) in [5, 5.41) is 12.5. The van der Waals surface area contributed by atoms with Gasteiger partial charge in [0.1, 0.15) is 18.6 Å². The lowest BCUT2D eigenvalue weighted by Gasteiger charge is -2.32. The first-order valence-electron chi connectivity index (χ1n) is 8.22. The molecule has 126 valence electrons. The summed E-state index contributed by atoms with van der Waals surface area (Å²) >= 11 is 0. The first-order chi connectivity index (χ1) is 10.5. The molecule has 1 aliphatic heterocycles. The second-order valence-electron chi connectivity index (χ2n) is 6.87. The van der Waals surface area contributed by atoms with Crippen LogP contribution in [0.4, 0.5) is 8.78 Å². The van der Waals surface area contributed by atoms with Crippen LogP contribution < -0.4 is 10.8 Å². The Labute approximate surface area is 128 Å². The van der Waals surface area contributed by atoms with Gasteiger partial charge in [-0.05, 0) is 44.4 Å². The summed E-state index contributed by atoms with van der Waals surface area (Å²) in [5.41, 5.74) is 2.94. The molecule has 0 bridgehead atoms. The normalized spacial score (nSPS) is 46.5. The van der Waals surface area contributed by atoms with Gasteiger partial charge in [0.15, 0.2) is 0 Å². The molecule has 1 heterocycles. The van der Waals surface area contributed by atoms with Crippen LogP contribution in [0.25, 0.3) is 0 Å². The molecule has 7 atom stereocenters. The molecule has 5 nitrogen and oxygen atoms in total. The molecule has 0 aromatic heterocycles. The number of aliphatic carboxylic acids is 1. The lowest BCUT2D eigenvalue weighted by Crippen LogP contribution is -2.45. The SMILES string of the molecule is O=C(O)C1CCCC(C2NOC(C3CCC(F)C(F)C3)N2)C1. The first kappa shape index (κ1) is 16.1. The minimum atomic E-state index is -1.41.